The second-order valence-electron chi connectivity index (χ2n) is 9.53. The second-order valence-corrected chi connectivity index (χ2v) is 11.7. The third-order valence-electron chi connectivity index (χ3n) is 7.41. The van der Waals surface area contributed by atoms with E-state index in [2.05, 4.69) is 12.2 Å². The van der Waals surface area contributed by atoms with Crippen molar-refractivity contribution in [2.24, 2.45) is 23.2 Å². The molecule has 4 fully saturated rings. The molecular weight excluding hydrogens is 372 g/mol. The molecule has 1 N–H and O–H groups in total. The Morgan fingerprint density at radius 1 is 1.14 bits per heavy atom. The number of benzene rings is 1. The van der Waals surface area contributed by atoms with Crippen LogP contribution in [0.1, 0.15) is 62.2 Å². The van der Waals surface area contributed by atoms with Crippen molar-refractivity contribution in [1.82, 2.24) is 9.62 Å². The lowest BCUT2D eigenvalue weighted by molar-refractivity contribution is -0.0727. The Balaban J connectivity index is 1.55. The Bertz CT molecular complexity index is 827. The first-order chi connectivity index (χ1) is 13.2. The third kappa shape index (κ3) is 3.39. The molecule has 0 saturated heterocycles. The van der Waals surface area contributed by atoms with Gasteiger partial charge in [0.25, 0.3) is 5.91 Å². The minimum atomic E-state index is -3.55. The number of hydrogen-bond acceptors (Lipinski definition) is 3. The van der Waals surface area contributed by atoms with E-state index < -0.39 is 10.0 Å². The number of rotatable bonds is 6. The van der Waals surface area contributed by atoms with Gasteiger partial charge in [0.05, 0.1) is 4.90 Å². The normalized spacial score (nSPS) is 32.5. The van der Waals surface area contributed by atoms with Gasteiger partial charge in [0.2, 0.25) is 10.0 Å². The summed E-state index contributed by atoms with van der Waals surface area (Å²) in [7, 11) is -0.546. The van der Waals surface area contributed by atoms with E-state index in [-0.39, 0.29) is 22.3 Å². The highest BCUT2D eigenvalue weighted by atomic mass is 32.2. The van der Waals surface area contributed by atoms with Gasteiger partial charge in [0, 0.05) is 25.7 Å². The van der Waals surface area contributed by atoms with E-state index >= 15 is 0 Å². The highest BCUT2D eigenvalue weighted by molar-refractivity contribution is 7.89. The van der Waals surface area contributed by atoms with E-state index in [4.69, 9.17) is 0 Å². The van der Waals surface area contributed by atoms with Crippen LogP contribution in [0, 0.1) is 23.2 Å². The van der Waals surface area contributed by atoms with Crippen LogP contribution < -0.4 is 5.32 Å². The Morgan fingerprint density at radius 3 is 2.21 bits per heavy atom. The number of carbonyl (C=O) groups is 1. The maximum atomic E-state index is 13.0. The maximum Gasteiger partial charge on any atom is 0.251 e. The van der Waals surface area contributed by atoms with E-state index in [1.54, 1.807) is 18.2 Å². The average Bonchev–Trinajstić information content (AvgIpc) is 2.64. The lowest BCUT2D eigenvalue weighted by Crippen LogP contribution is -2.56. The van der Waals surface area contributed by atoms with E-state index in [0.29, 0.717) is 5.56 Å². The molecule has 154 valence electrons. The molecule has 0 aliphatic heterocycles. The van der Waals surface area contributed by atoms with Gasteiger partial charge < -0.3 is 5.32 Å². The number of sulfonamides is 1. The summed E-state index contributed by atoms with van der Waals surface area (Å²) >= 11 is 0. The van der Waals surface area contributed by atoms with Gasteiger partial charge in [-0.1, -0.05) is 13.0 Å². The molecule has 4 saturated carbocycles. The largest absolute Gasteiger partial charge is 0.349 e. The standard InChI is InChI=1S/C22H32N2O3S/c1-4-20(22-12-15-8-16(13-22)10-17(9-15)14-22)23-21(25)18-6-5-7-19(11-18)28(26,27)24(2)3/h5-7,11,15-17,20H,4,8-10,12-14H2,1-3H3,(H,23,25). The first-order valence-electron chi connectivity index (χ1n) is 10.6. The number of nitrogens with zero attached hydrogens (tertiary/aromatic N) is 1. The number of hydrogen-bond donors (Lipinski definition) is 1. The van der Waals surface area contributed by atoms with Crippen molar-refractivity contribution in [3.8, 4) is 0 Å². The summed E-state index contributed by atoms with van der Waals surface area (Å²) in [6.45, 7) is 2.16. The Hall–Kier alpha value is -1.40. The van der Waals surface area contributed by atoms with Crippen molar-refractivity contribution in [2.75, 3.05) is 14.1 Å². The molecule has 0 heterocycles. The zero-order valence-electron chi connectivity index (χ0n) is 17.1. The summed E-state index contributed by atoms with van der Waals surface area (Å²) in [5, 5.41) is 3.30. The summed E-state index contributed by atoms with van der Waals surface area (Å²) in [6.07, 6.45) is 8.80. The van der Waals surface area contributed by atoms with Crippen LogP contribution in [0.3, 0.4) is 0 Å². The molecule has 1 aromatic rings. The van der Waals surface area contributed by atoms with E-state index in [9.17, 15) is 13.2 Å². The zero-order valence-corrected chi connectivity index (χ0v) is 18.0. The Morgan fingerprint density at radius 2 is 1.71 bits per heavy atom. The van der Waals surface area contributed by atoms with Gasteiger partial charge in [0.15, 0.2) is 0 Å². The van der Waals surface area contributed by atoms with Gasteiger partial charge in [-0.3, -0.25) is 4.79 Å². The van der Waals surface area contributed by atoms with Crippen molar-refractivity contribution < 1.29 is 13.2 Å². The number of amides is 1. The van der Waals surface area contributed by atoms with Gasteiger partial charge in [-0.05, 0) is 86.3 Å². The fraction of sp³-hybridized carbons (Fsp3) is 0.682. The smallest absolute Gasteiger partial charge is 0.251 e. The van der Waals surface area contributed by atoms with Crippen LogP contribution in [0.5, 0.6) is 0 Å². The Labute approximate surface area is 168 Å². The van der Waals surface area contributed by atoms with E-state index in [0.717, 1.165) is 24.2 Å². The van der Waals surface area contributed by atoms with Crippen LogP contribution in [0.2, 0.25) is 0 Å². The molecular formula is C22H32N2O3S. The van der Waals surface area contributed by atoms with Crippen LogP contribution in [0.25, 0.3) is 0 Å². The van der Waals surface area contributed by atoms with Gasteiger partial charge in [0.1, 0.15) is 0 Å². The summed E-state index contributed by atoms with van der Waals surface area (Å²) in [5.74, 6) is 2.36. The summed E-state index contributed by atoms with van der Waals surface area (Å²) < 4.78 is 26.0. The lowest BCUT2D eigenvalue weighted by atomic mass is 9.47. The van der Waals surface area contributed by atoms with Crippen molar-refractivity contribution in [3.63, 3.8) is 0 Å². The SMILES string of the molecule is CCC(NC(=O)c1cccc(S(=O)(=O)N(C)C)c1)C12CC3CC(CC(C3)C1)C2. The molecule has 1 aromatic carbocycles. The molecule has 5 nitrogen and oxygen atoms in total. The molecule has 5 rings (SSSR count). The average molecular weight is 405 g/mol. The molecule has 0 aromatic heterocycles. The zero-order chi connectivity index (χ0) is 20.1. The molecule has 0 spiro atoms. The monoisotopic (exact) mass is 404 g/mol. The lowest BCUT2D eigenvalue weighted by Gasteiger charge is -2.59. The van der Waals surface area contributed by atoms with Crippen LogP contribution in [0.15, 0.2) is 29.2 Å². The molecule has 28 heavy (non-hydrogen) atoms. The van der Waals surface area contributed by atoms with Crippen LogP contribution in [-0.4, -0.2) is 38.8 Å². The quantitative estimate of drug-likeness (QED) is 0.787. The summed E-state index contributed by atoms with van der Waals surface area (Å²) in [6, 6.07) is 6.56. The van der Waals surface area contributed by atoms with Gasteiger partial charge in [-0.25, -0.2) is 12.7 Å². The van der Waals surface area contributed by atoms with Crippen LogP contribution >= 0.6 is 0 Å². The summed E-state index contributed by atoms with van der Waals surface area (Å²) in [4.78, 5) is 13.2. The van der Waals surface area contributed by atoms with Gasteiger partial charge in [-0.15, -0.1) is 0 Å². The van der Waals surface area contributed by atoms with Crippen molar-refractivity contribution in [2.45, 2.75) is 62.8 Å². The minimum absolute atomic E-state index is 0.154. The highest BCUT2D eigenvalue weighted by Gasteiger charge is 2.54. The van der Waals surface area contributed by atoms with Crippen molar-refractivity contribution in [3.05, 3.63) is 29.8 Å². The molecule has 0 radical (unpaired) electrons. The first kappa shape index (κ1) is 19.9. The van der Waals surface area contributed by atoms with Crippen LogP contribution in [-0.2, 0) is 10.0 Å². The maximum absolute atomic E-state index is 13.0. The van der Waals surface area contributed by atoms with E-state index in [1.165, 1.54) is 63.0 Å². The number of nitrogens with one attached hydrogen (secondary N) is 1. The molecule has 1 amide bonds. The predicted molar refractivity (Wildman–Crippen MR) is 109 cm³/mol. The van der Waals surface area contributed by atoms with E-state index in [1.807, 2.05) is 0 Å². The Kier molecular flexibility index (Phi) is 5.07. The summed E-state index contributed by atoms with van der Waals surface area (Å²) in [5.41, 5.74) is 0.665. The van der Waals surface area contributed by atoms with Gasteiger partial charge in [-0.2, -0.15) is 0 Å². The van der Waals surface area contributed by atoms with Crippen molar-refractivity contribution in [1.29, 1.82) is 0 Å². The molecule has 4 bridgehead atoms. The fourth-order valence-corrected chi connectivity index (χ4v) is 7.49. The van der Waals surface area contributed by atoms with Gasteiger partial charge >= 0.3 is 0 Å². The molecule has 4 aliphatic carbocycles. The number of carbonyl (C=O) groups excluding carboxylic acids is 1. The minimum Gasteiger partial charge on any atom is -0.349 e. The van der Waals surface area contributed by atoms with Crippen LogP contribution in [0.4, 0.5) is 0 Å². The topological polar surface area (TPSA) is 66.5 Å². The fourth-order valence-electron chi connectivity index (χ4n) is 6.54. The third-order valence-corrected chi connectivity index (χ3v) is 9.22. The van der Waals surface area contributed by atoms with Crippen molar-refractivity contribution >= 4 is 15.9 Å². The highest BCUT2D eigenvalue weighted by Crippen LogP contribution is 2.61. The molecule has 1 unspecified atom stereocenters. The molecule has 6 heteroatoms. The second kappa shape index (κ2) is 7.13. The predicted octanol–water partition coefficient (Wildman–Crippen LogP) is 3.66. The molecule has 4 aliphatic rings. The molecule has 1 atom stereocenters. The first-order valence-corrected chi connectivity index (χ1v) is 12.0.